The predicted molar refractivity (Wildman–Crippen MR) is 57.7 cm³/mol. The van der Waals surface area contributed by atoms with E-state index in [2.05, 4.69) is 11.9 Å². The third kappa shape index (κ3) is 1.78. The topological polar surface area (TPSA) is 33.1 Å². The van der Waals surface area contributed by atoms with Crippen LogP contribution in [0.15, 0.2) is 22.5 Å². The number of hydrogen-bond acceptors (Lipinski definition) is 4. The van der Waals surface area contributed by atoms with Crippen LogP contribution in [0.5, 0.6) is 5.75 Å². The van der Waals surface area contributed by atoms with Gasteiger partial charge in [0.2, 0.25) is 0 Å². The molecule has 1 aromatic heterocycles. The van der Waals surface area contributed by atoms with Crippen LogP contribution in [0.25, 0.3) is 10.2 Å². The van der Waals surface area contributed by atoms with Crippen molar-refractivity contribution in [3.05, 3.63) is 18.2 Å². The van der Waals surface area contributed by atoms with Crippen LogP contribution in [0, 0.1) is 0 Å². The second kappa shape index (κ2) is 3.55. The monoisotopic (exact) mass is 211 g/mol. The Morgan fingerprint density at radius 1 is 1.54 bits per heavy atom. The summed E-state index contributed by atoms with van der Waals surface area (Å²) >= 11 is 3.40. The summed E-state index contributed by atoms with van der Waals surface area (Å²) < 4.78 is 2.21. The van der Waals surface area contributed by atoms with E-state index < -0.39 is 0 Å². The second-order valence-electron chi connectivity index (χ2n) is 2.56. The molecule has 2 aromatic rings. The lowest BCUT2D eigenvalue weighted by atomic mass is 10.3. The molecule has 1 aromatic carbocycles. The van der Waals surface area contributed by atoms with Gasteiger partial charge in [-0.3, -0.25) is 0 Å². The average Bonchev–Trinajstić information content (AvgIpc) is 2.46. The highest BCUT2D eigenvalue weighted by atomic mass is 32.2. The highest BCUT2D eigenvalue weighted by molar-refractivity contribution is 8.01. The Hall–Kier alpha value is -0.740. The van der Waals surface area contributed by atoms with E-state index in [1.165, 1.54) is 0 Å². The number of rotatable bonds is 2. The molecule has 0 saturated heterocycles. The number of phenolic OH excluding ortho intramolecular Hbond substituents is 1. The summed E-state index contributed by atoms with van der Waals surface area (Å²) in [4.78, 5) is 4.38. The Kier molecular flexibility index (Phi) is 2.42. The first kappa shape index (κ1) is 8.84. The molecule has 0 aliphatic carbocycles. The lowest BCUT2D eigenvalue weighted by Gasteiger charge is -1.88. The molecule has 0 spiro atoms. The standard InChI is InChI=1S/C9H9NOS2/c1-2-12-9-10-7-5-6(11)3-4-8(7)13-9/h3-5,11H,2H2,1H3. The maximum atomic E-state index is 9.23. The number of fused-ring (bicyclic) bond motifs is 1. The van der Waals surface area contributed by atoms with Gasteiger partial charge in [-0.1, -0.05) is 18.7 Å². The second-order valence-corrected chi connectivity index (χ2v) is 5.11. The lowest BCUT2D eigenvalue weighted by molar-refractivity contribution is 0.476. The normalized spacial score (nSPS) is 10.8. The van der Waals surface area contributed by atoms with Crippen molar-refractivity contribution in [3.63, 3.8) is 0 Å². The zero-order valence-electron chi connectivity index (χ0n) is 7.15. The van der Waals surface area contributed by atoms with E-state index in [4.69, 9.17) is 0 Å². The molecule has 68 valence electrons. The minimum atomic E-state index is 0.283. The summed E-state index contributed by atoms with van der Waals surface area (Å²) in [6.07, 6.45) is 0. The maximum Gasteiger partial charge on any atom is 0.151 e. The van der Waals surface area contributed by atoms with Crippen molar-refractivity contribution in [2.75, 3.05) is 5.75 Å². The van der Waals surface area contributed by atoms with Gasteiger partial charge in [-0.05, 0) is 17.9 Å². The Bertz CT molecular complexity index is 424. The molecule has 0 saturated carbocycles. The van der Waals surface area contributed by atoms with Crippen LogP contribution < -0.4 is 0 Å². The highest BCUT2D eigenvalue weighted by Crippen LogP contribution is 2.30. The number of phenols is 1. The van der Waals surface area contributed by atoms with Gasteiger partial charge >= 0.3 is 0 Å². The van der Waals surface area contributed by atoms with E-state index in [0.29, 0.717) is 0 Å². The van der Waals surface area contributed by atoms with Gasteiger partial charge in [-0.2, -0.15) is 0 Å². The van der Waals surface area contributed by atoms with Crippen molar-refractivity contribution < 1.29 is 5.11 Å². The van der Waals surface area contributed by atoms with Crippen LogP contribution in [0.2, 0.25) is 0 Å². The zero-order chi connectivity index (χ0) is 9.26. The quantitative estimate of drug-likeness (QED) is 0.775. The summed E-state index contributed by atoms with van der Waals surface area (Å²) in [7, 11) is 0. The molecule has 0 amide bonds. The van der Waals surface area contributed by atoms with Crippen LogP contribution in [0.3, 0.4) is 0 Å². The fourth-order valence-electron chi connectivity index (χ4n) is 1.08. The number of nitrogens with zero attached hydrogens (tertiary/aromatic N) is 1. The highest BCUT2D eigenvalue weighted by Gasteiger charge is 2.03. The zero-order valence-corrected chi connectivity index (χ0v) is 8.78. The molecular formula is C9H9NOS2. The molecule has 13 heavy (non-hydrogen) atoms. The average molecular weight is 211 g/mol. The molecule has 1 heterocycles. The molecule has 2 nitrogen and oxygen atoms in total. The van der Waals surface area contributed by atoms with E-state index in [0.717, 1.165) is 20.3 Å². The molecule has 0 unspecified atom stereocenters. The number of hydrogen-bond donors (Lipinski definition) is 1. The summed E-state index contributed by atoms with van der Waals surface area (Å²) in [5.41, 5.74) is 0.890. The van der Waals surface area contributed by atoms with Crippen molar-refractivity contribution in [1.29, 1.82) is 0 Å². The Balaban J connectivity index is 2.49. The van der Waals surface area contributed by atoms with Gasteiger partial charge in [0.05, 0.1) is 10.2 Å². The fraction of sp³-hybridized carbons (Fsp3) is 0.222. The SMILES string of the molecule is CCSc1nc2cc(O)ccc2s1. The maximum absolute atomic E-state index is 9.23. The molecule has 0 fully saturated rings. The van der Waals surface area contributed by atoms with E-state index in [9.17, 15) is 5.11 Å². The van der Waals surface area contributed by atoms with Crippen LogP contribution in [-0.2, 0) is 0 Å². The van der Waals surface area contributed by atoms with Crippen molar-refractivity contribution in [1.82, 2.24) is 4.98 Å². The van der Waals surface area contributed by atoms with E-state index >= 15 is 0 Å². The molecule has 0 bridgehead atoms. The first-order valence-corrected chi connectivity index (χ1v) is 5.82. The molecule has 0 aliphatic heterocycles. The smallest absolute Gasteiger partial charge is 0.151 e. The van der Waals surface area contributed by atoms with Gasteiger partial charge in [-0.25, -0.2) is 4.98 Å². The first-order valence-electron chi connectivity index (χ1n) is 4.02. The Labute approximate surface area is 84.6 Å². The number of benzene rings is 1. The summed E-state index contributed by atoms with van der Waals surface area (Å²) in [5, 5.41) is 9.23. The number of aromatic nitrogens is 1. The van der Waals surface area contributed by atoms with Crippen LogP contribution in [-0.4, -0.2) is 15.8 Å². The van der Waals surface area contributed by atoms with Crippen molar-refractivity contribution >= 4 is 33.3 Å². The molecular weight excluding hydrogens is 202 g/mol. The summed E-state index contributed by atoms with van der Waals surface area (Å²) in [6, 6.07) is 5.30. The van der Waals surface area contributed by atoms with Crippen molar-refractivity contribution in [2.24, 2.45) is 0 Å². The first-order chi connectivity index (χ1) is 6.29. The summed E-state index contributed by atoms with van der Waals surface area (Å²) in [5.74, 6) is 1.32. The third-order valence-corrected chi connectivity index (χ3v) is 3.68. The summed E-state index contributed by atoms with van der Waals surface area (Å²) in [6.45, 7) is 2.11. The van der Waals surface area contributed by atoms with Crippen LogP contribution >= 0.6 is 23.1 Å². The lowest BCUT2D eigenvalue weighted by Crippen LogP contribution is -1.69. The van der Waals surface area contributed by atoms with Crippen LogP contribution in [0.1, 0.15) is 6.92 Å². The van der Waals surface area contributed by atoms with Gasteiger partial charge in [0.15, 0.2) is 4.34 Å². The van der Waals surface area contributed by atoms with Gasteiger partial charge in [0, 0.05) is 6.07 Å². The largest absolute Gasteiger partial charge is 0.508 e. The number of thioether (sulfide) groups is 1. The minimum absolute atomic E-state index is 0.283. The minimum Gasteiger partial charge on any atom is -0.508 e. The van der Waals surface area contributed by atoms with E-state index in [1.807, 2.05) is 6.07 Å². The third-order valence-electron chi connectivity index (χ3n) is 1.62. The van der Waals surface area contributed by atoms with E-state index in [-0.39, 0.29) is 5.75 Å². The predicted octanol–water partition coefficient (Wildman–Crippen LogP) is 3.11. The number of thiazole rings is 1. The molecule has 2 rings (SSSR count). The number of aromatic hydroxyl groups is 1. The van der Waals surface area contributed by atoms with Crippen LogP contribution in [0.4, 0.5) is 0 Å². The molecule has 4 heteroatoms. The van der Waals surface area contributed by atoms with Crippen molar-refractivity contribution in [2.45, 2.75) is 11.3 Å². The van der Waals surface area contributed by atoms with Crippen molar-refractivity contribution in [3.8, 4) is 5.75 Å². The van der Waals surface area contributed by atoms with Gasteiger partial charge in [-0.15, -0.1) is 11.3 Å². The molecule has 0 atom stereocenters. The molecule has 0 radical (unpaired) electrons. The Morgan fingerprint density at radius 3 is 3.15 bits per heavy atom. The van der Waals surface area contributed by atoms with E-state index in [1.54, 1.807) is 35.2 Å². The Morgan fingerprint density at radius 2 is 2.38 bits per heavy atom. The molecule has 1 N–H and O–H groups in total. The molecule has 0 aliphatic rings. The van der Waals surface area contributed by atoms with Gasteiger partial charge in [0.1, 0.15) is 5.75 Å². The van der Waals surface area contributed by atoms with Gasteiger partial charge < -0.3 is 5.11 Å². The fourth-order valence-corrected chi connectivity index (χ4v) is 3.03. The van der Waals surface area contributed by atoms with Gasteiger partial charge in [0.25, 0.3) is 0 Å².